The molecule has 4 nitrogen and oxygen atoms in total. The number of nitrogens with two attached hydrogens (primary N) is 1. The van der Waals surface area contributed by atoms with Gasteiger partial charge in [-0.15, -0.1) is 0 Å². The summed E-state index contributed by atoms with van der Waals surface area (Å²) in [6, 6.07) is 5.52. The van der Waals surface area contributed by atoms with Gasteiger partial charge < -0.3 is 4.74 Å². The molecule has 18 heavy (non-hydrogen) atoms. The standard InChI is InChI=1S/C11H15Br2NO3S/c1-11(2,7-18(14,15)16)6-17-10-4-3-8(12)5-9(10)13/h3-5H,6-7H2,1-2H3,(H2,14,15,16). The summed E-state index contributed by atoms with van der Waals surface area (Å²) >= 11 is 6.72. The van der Waals surface area contributed by atoms with E-state index in [1.54, 1.807) is 19.9 Å². The van der Waals surface area contributed by atoms with Crippen LogP contribution in [0.3, 0.4) is 0 Å². The van der Waals surface area contributed by atoms with E-state index in [0.29, 0.717) is 5.75 Å². The molecule has 1 aromatic rings. The maximum absolute atomic E-state index is 11.1. The summed E-state index contributed by atoms with van der Waals surface area (Å²) in [6.45, 7) is 3.86. The summed E-state index contributed by atoms with van der Waals surface area (Å²) in [5.41, 5.74) is -0.542. The van der Waals surface area contributed by atoms with Crippen LogP contribution in [0.5, 0.6) is 5.75 Å². The van der Waals surface area contributed by atoms with Crippen molar-refractivity contribution in [2.45, 2.75) is 13.8 Å². The van der Waals surface area contributed by atoms with Crippen LogP contribution in [0, 0.1) is 5.41 Å². The van der Waals surface area contributed by atoms with E-state index in [0.717, 1.165) is 8.95 Å². The van der Waals surface area contributed by atoms with Gasteiger partial charge in [-0.25, -0.2) is 13.6 Å². The number of hydrogen-bond donors (Lipinski definition) is 1. The Morgan fingerprint density at radius 1 is 1.33 bits per heavy atom. The molecule has 0 fully saturated rings. The molecule has 1 aromatic carbocycles. The van der Waals surface area contributed by atoms with Crippen molar-refractivity contribution >= 4 is 41.9 Å². The second-order valence-corrected chi connectivity index (χ2v) is 8.22. The number of primary sulfonamides is 1. The number of halogens is 2. The van der Waals surface area contributed by atoms with Crippen LogP contribution in [0.1, 0.15) is 13.8 Å². The van der Waals surface area contributed by atoms with Crippen LogP contribution in [-0.4, -0.2) is 20.8 Å². The fraction of sp³-hybridized carbons (Fsp3) is 0.455. The number of ether oxygens (including phenoxy) is 1. The first-order valence-electron chi connectivity index (χ1n) is 5.17. The zero-order chi connectivity index (χ0) is 14.0. The molecular formula is C11H15Br2NO3S. The van der Waals surface area contributed by atoms with Crippen molar-refractivity contribution in [2.75, 3.05) is 12.4 Å². The van der Waals surface area contributed by atoms with E-state index < -0.39 is 15.4 Å². The largest absolute Gasteiger partial charge is 0.492 e. The first-order chi connectivity index (χ1) is 8.09. The van der Waals surface area contributed by atoms with Gasteiger partial charge in [0.25, 0.3) is 0 Å². The molecule has 0 saturated heterocycles. The molecule has 0 heterocycles. The van der Waals surface area contributed by atoms with Gasteiger partial charge >= 0.3 is 0 Å². The van der Waals surface area contributed by atoms with E-state index in [9.17, 15) is 8.42 Å². The van der Waals surface area contributed by atoms with Crippen molar-refractivity contribution in [1.82, 2.24) is 0 Å². The highest BCUT2D eigenvalue weighted by molar-refractivity contribution is 9.11. The summed E-state index contributed by atoms with van der Waals surface area (Å²) in [4.78, 5) is 0. The lowest BCUT2D eigenvalue weighted by atomic mass is 9.98. The molecule has 0 aliphatic heterocycles. The van der Waals surface area contributed by atoms with Crippen molar-refractivity contribution in [3.8, 4) is 5.75 Å². The van der Waals surface area contributed by atoms with Gasteiger partial charge in [0, 0.05) is 9.89 Å². The Morgan fingerprint density at radius 2 is 1.94 bits per heavy atom. The van der Waals surface area contributed by atoms with Gasteiger partial charge in [-0.3, -0.25) is 0 Å². The maximum atomic E-state index is 11.1. The Kier molecular flexibility index (Phi) is 5.22. The van der Waals surface area contributed by atoms with E-state index >= 15 is 0 Å². The number of sulfonamides is 1. The smallest absolute Gasteiger partial charge is 0.209 e. The van der Waals surface area contributed by atoms with Gasteiger partial charge in [0.15, 0.2) is 0 Å². The molecule has 2 N–H and O–H groups in total. The Hall–Kier alpha value is -0.110. The summed E-state index contributed by atoms with van der Waals surface area (Å²) in [5.74, 6) is 0.550. The van der Waals surface area contributed by atoms with Crippen LogP contribution in [-0.2, 0) is 10.0 Å². The molecule has 0 saturated carbocycles. The van der Waals surface area contributed by atoms with Crippen LogP contribution in [0.2, 0.25) is 0 Å². The van der Waals surface area contributed by atoms with Crippen LogP contribution >= 0.6 is 31.9 Å². The van der Waals surface area contributed by atoms with E-state index in [-0.39, 0.29) is 12.4 Å². The van der Waals surface area contributed by atoms with Crippen molar-refractivity contribution in [3.63, 3.8) is 0 Å². The molecule has 0 bridgehead atoms. The quantitative estimate of drug-likeness (QED) is 0.825. The van der Waals surface area contributed by atoms with Crippen molar-refractivity contribution in [2.24, 2.45) is 10.6 Å². The van der Waals surface area contributed by atoms with Gasteiger partial charge in [0.1, 0.15) is 5.75 Å². The summed E-state index contributed by atoms with van der Waals surface area (Å²) in [5, 5.41) is 5.04. The van der Waals surface area contributed by atoms with Crippen molar-refractivity contribution in [3.05, 3.63) is 27.1 Å². The number of hydrogen-bond acceptors (Lipinski definition) is 3. The molecule has 102 valence electrons. The zero-order valence-electron chi connectivity index (χ0n) is 10.1. The number of benzene rings is 1. The minimum atomic E-state index is -3.50. The molecule has 1 rings (SSSR count). The SMILES string of the molecule is CC(C)(COc1ccc(Br)cc1Br)CS(N)(=O)=O. The average Bonchev–Trinajstić information content (AvgIpc) is 2.12. The summed E-state index contributed by atoms with van der Waals surface area (Å²) in [7, 11) is -3.50. The predicted octanol–water partition coefficient (Wildman–Crippen LogP) is 2.91. The first-order valence-corrected chi connectivity index (χ1v) is 8.48. The molecular weight excluding hydrogens is 386 g/mol. The van der Waals surface area contributed by atoms with Crippen LogP contribution in [0.4, 0.5) is 0 Å². The summed E-state index contributed by atoms with van der Waals surface area (Å²) in [6.07, 6.45) is 0. The molecule has 0 aliphatic rings. The van der Waals surface area contributed by atoms with Gasteiger partial charge in [0.05, 0.1) is 16.8 Å². The molecule has 0 unspecified atom stereocenters. The van der Waals surface area contributed by atoms with Gasteiger partial charge in [0.2, 0.25) is 10.0 Å². The predicted molar refractivity (Wildman–Crippen MR) is 79.1 cm³/mol. The molecule has 0 atom stereocenters. The van der Waals surface area contributed by atoms with Gasteiger partial charge in [-0.05, 0) is 34.1 Å². The Balaban J connectivity index is 2.70. The third-order valence-corrected chi connectivity index (χ3v) is 4.40. The molecule has 7 heteroatoms. The van der Waals surface area contributed by atoms with Crippen molar-refractivity contribution in [1.29, 1.82) is 0 Å². The van der Waals surface area contributed by atoms with E-state index in [1.165, 1.54) is 0 Å². The lowest BCUT2D eigenvalue weighted by molar-refractivity contribution is 0.199. The Labute approximate surface area is 124 Å². The fourth-order valence-electron chi connectivity index (χ4n) is 1.45. The minimum absolute atomic E-state index is 0.117. The minimum Gasteiger partial charge on any atom is -0.492 e. The topological polar surface area (TPSA) is 69.4 Å². The number of rotatable bonds is 5. The third kappa shape index (κ3) is 5.69. The Bertz CT molecular complexity index is 529. The van der Waals surface area contributed by atoms with Crippen LogP contribution in [0.25, 0.3) is 0 Å². The second-order valence-electron chi connectivity index (χ2n) is 4.83. The van der Waals surface area contributed by atoms with Gasteiger partial charge in [-0.1, -0.05) is 29.8 Å². The Morgan fingerprint density at radius 3 is 2.44 bits per heavy atom. The highest BCUT2D eigenvalue weighted by atomic mass is 79.9. The van der Waals surface area contributed by atoms with E-state index in [4.69, 9.17) is 9.88 Å². The fourth-order valence-corrected chi connectivity index (χ4v) is 3.79. The van der Waals surface area contributed by atoms with Crippen molar-refractivity contribution < 1.29 is 13.2 Å². The van der Waals surface area contributed by atoms with E-state index in [1.807, 2.05) is 12.1 Å². The van der Waals surface area contributed by atoms with Gasteiger partial charge in [-0.2, -0.15) is 0 Å². The van der Waals surface area contributed by atoms with E-state index in [2.05, 4.69) is 31.9 Å². The van der Waals surface area contributed by atoms with Crippen LogP contribution < -0.4 is 9.88 Å². The lowest BCUT2D eigenvalue weighted by Crippen LogP contribution is -2.33. The molecule has 0 radical (unpaired) electrons. The highest BCUT2D eigenvalue weighted by Gasteiger charge is 2.25. The molecule has 0 aromatic heterocycles. The monoisotopic (exact) mass is 399 g/mol. The zero-order valence-corrected chi connectivity index (χ0v) is 14.1. The normalized spacial score (nSPS) is 12.5. The average molecular weight is 401 g/mol. The summed E-state index contributed by atoms with van der Waals surface area (Å²) < 4.78 is 29.5. The highest BCUT2D eigenvalue weighted by Crippen LogP contribution is 2.29. The molecule has 0 spiro atoms. The van der Waals surface area contributed by atoms with Crippen LogP contribution in [0.15, 0.2) is 27.1 Å². The maximum Gasteiger partial charge on any atom is 0.209 e. The first kappa shape index (κ1) is 15.9. The second kappa shape index (κ2) is 5.90. The molecule has 0 aliphatic carbocycles. The molecule has 0 amide bonds. The third-order valence-electron chi connectivity index (χ3n) is 2.10. The lowest BCUT2D eigenvalue weighted by Gasteiger charge is -2.23.